The summed E-state index contributed by atoms with van der Waals surface area (Å²) in [7, 11) is 0. The summed E-state index contributed by atoms with van der Waals surface area (Å²) in [6.45, 7) is 0. The van der Waals surface area contributed by atoms with E-state index in [0.29, 0.717) is 16.9 Å². The second-order valence-corrected chi connectivity index (χ2v) is 5.41. The van der Waals surface area contributed by atoms with Gasteiger partial charge in [-0.1, -0.05) is 30.3 Å². The van der Waals surface area contributed by atoms with Gasteiger partial charge in [0.25, 0.3) is 5.91 Å². The van der Waals surface area contributed by atoms with Gasteiger partial charge in [-0.15, -0.1) is 0 Å². The van der Waals surface area contributed by atoms with Crippen LogP contribution in [0.15, 0.2) is 42.6 Å². The number of aromatic hydroxyl groups is 1. The minimum Gasteiger partial charge on any atom is -0.493 e. The maximum atomic E-state index is 12.2. The molecule has 110 valence electrons. The number of amides is 1. The van der Waals surface area contributed by atoms with Crippen LogP contribution < -0.4 is 5.32 Å². The van der Waals surface area contributed by atoms with Crippen molar-refractivity contribution in [3.05, 3.63) is 48.2 Å². The summed E-state index contributed by atoms with van der Waals surface area (Å²) in [5, 5.41) is 17.1. The highest BCUT2D eigenvalue weighted by Gasteiger charge is 2.26. The number of carbonyl (C=O) groups is 1. The summed E-state index contributed by atoms with van der Waals surface area (Å²) in [6.07, 6.45) is 3.46. The van der Waals surface area contributed by atoms with E-state index in [0.717, 1.165) is 18.4 Å². The van der Waals surface area contributed by atoms with E-state index < -0.39 is 0 Å². The Bertz CT molecular complexity index is 853. The predicted octanol–water partition coefficient (Wildman–Crippen LogP) is 1.99. The predicted molar refractivity (Wildman–Crippen MR) is 80.6 cm³/mol. The molecule has 3 aromatic rings. The molecule has 0 saturated heterocycles. The van der Waals surface area contributed by atoms with Crippen LogP contribution in [0.5, 0.6) is 5.88 Å². The van der Waals surface area contributed by atoms with Crippen LogP contribution in [-0.2, 0) is 0 Å². The number of benzene rings is 1. The van der Waals surface area contributed by atoms with Crippen molar-refractivity contribution >= 4 is 11.6 Å². The van der Waals surface area contributed by atoms with Crippen LogP contribution in [0.3, 0.4) is 0 Å². The molecule has 0 atom stereocenters. The van der Waals surface area contributed by atoms with E-state index in [4.69, 9.17) is 0 Å². The van der Waals surface area contributed by atoms with Gasteiger partial charge in [0, 0.05) is 17.7 Å². The van der Waals surface area contributed by atoms with Crippen molar-refractivity contribution in [1.29, 1.82) is 0 Å². The van der Waals surface area contributed by atoms with Crippen LogP contribution in [0, 0.1) is 0 Å². The number of fused-ring (bicyclic) bond motifs is 1. The van der Waals surface area contributed by atoms with Crippen LogP contribution in [0.25, 0.3) is 16.9 Å². The third-order valence-electron chi connectivity index (χ3n) is 3.68. The lowest BCUT2D eigenvalue weighted by atomic mass is 10.1. The van der Waals surface area contributed by atoms with Gasteiger partial charge in [0.05, 0.1) is 11.9 Å². The number of rotatable bonds is 3. The zero-order valence-electron chi connectivity index (χ0n) is 11.7. The minimum absolute atomic E-state index is 0.0469. The zero-order chi connectivity index (χ0) is 15.1. The zero-order valence-corrected chi connectivity index (χ0v) is 11.7. The van der Waals surface area contributed by atoms with Crippen molar-refractivity contribution in [2.24, 2.45) is 0 Å². The molecular weight excluding hydrogens is 280 g/mol. The number of hydrogen-bond donors (Lipinski definition) is 2. The molecule has 1 aliphatic rings. The van der Waals surface area contributed by atoms with Gasteiger partial charge in [-0.2, -0.15) is 9.61 Å². The Balaban J connectivity index is 1.82. The van der Waals surface area contributed by atoms with Gasteiger partial charge in [-0.3, -0.25) is 4.79 Å². The number of hydrogen-bond acceptors (Lipinski definition) is 4. The van der Waals surface area contributed by atoms with E-state index in [1.165, 1.54) is 16.8 Å². The maximum Gasteiger partial charge on any atom is 0.256 e. The number of aromatic nitrogens is 3. The van der Waals surface area contributed by atoms with Gasteiger partial charge in [-0.25, -0.2) is 4.98 Å². The lowest BCUT2D eigenvalue weighted by Gasteiger charge is -2.05. The van der Waals surface area contributed by atoms with E-state index >= 15 is 0 Å². The van der Waals surface area contributed by atoms with Crippen molar-refractivity contribution in [2.75, 3.05) is 0 Å². The van der Waals surface area contributed by atoms with Gasteiger partial charge < -0.3 is 10.4 Å². The monoisotopic (exact) mass is 294 g/mol. The first-order valence-corrected chi connectivity index (χ1v) is 7.16. The molecule has 0 aliphatic heterocycles. The molecule has 4 rings (SSSR count). The Labute approximate surface area is 126 Å². The molecule has 1 amide bonds. The minimum atomic E-state index is -0.199. The third kappa shape index (κ3) is 2.18. The highest BCUT2D eigenvalue weighted by Crippen LogP contribution is 2.25. The van der Waals surface area contributed by atoms with E-state index in [1.54, 1.807) is 0 Å². The molecule has 2 N–H and O–H groups in total. The molecule has 0 unspecified atom stereocenters. The third-order valence-corrected chi connectivity index (χ3v) is 3.68. The summed E-state index contributed by atoms with van der Waals surface area (Å²) in [6, 6.07) is 11.3. The first-order chi connectivity index (χ1) is 10.7. The van der Waals surface area contributed by atoms with Crippen molar-refractivity contribution in [1.82, 2.24) is 19.9 Å². The highest BCUT2D eigenvalue weighted by atomic mass is 16.3. The number of carbonyl (C=O) groups excluding carboxylic acids is 1. The van der Waals surface area contributed by atoms with Crippen molar-refractivity contribution in [3.63, 3.8) is 0 Å². The van der Waals surface area contributed by atoms with Gasteiger partial charge in [0.2, 0.25) is 5.88 Å². The average Bonchev–Trinajstić information content (AvgIpc) is 3.23. The van der Waals surface area contributed by atoms with Crippen molar-refractivity contribution < 1.29 is 9.90 Å². The molecule has 2 heterocycles. The lowest BCUT2D eigenvalue weighted by Crippen LogP contribution is -2.25. The summed E-state index contributed by atoms with van der Waals surface area (Å²) >= 11 is 0. The Morgan fingerprint density at radius 3 is 2.77 bits per heavy atom. The Morgan fingerprint density at radius 2 is 2.05 bits per heavy atom. The summed E-state index contributed by atoms with van der Waals surface area (Å²) in [5.74, 6) is -0.246. The van der Waals surface area contributed by atoms with Crippen LogP contribution >= 0.6 is 0 Å². The topological polar surface area (TPSA) is 79.5 Å². The molecule has 6 nitrogen and oxygen atoms in total. The number of nitrogens with one attached hydrogen (secondary N) is 1. The fourth-order valence-corrected chi connectivity index (χ4v) is 2.35. The van der Waals surface area contributed by atoms with Crippen LogP contribution in [0.1, 0.15) is 23.2 Å². The molecule has 0 spiro atoms. The van der Waals surface area contributed by atoms with Crippen LogP contribution in [-0.4, -0.2) is 31.7 Å². The summed E-state index contributed by atoms with van der Waals surface area (Å²) < 4.78 is 1.27. The number of nitrogens with zero attached hydrogens (tertiary/aromatic N) is 3. The SMILES string of the molecule is O=C(NC1CC1)c1cnn2c(O)cc(-c3ccccc3)nc12. The Kier molecular flexibility index (Phi) is 2.82. The molecule has 1 saturated carbocycles. The lowest BCUT2D eigenvalue weighted by molar-refractivity contribution is 0.0952. The normalized spacial score (nSPS) is 14.2. The highest BCUT2D eigenvalue weighted by molar-refractivity contribution is 6.00. The molecule has 1 aromatic carbocycles. The second-order valence-electron chi connectivity index (χ2n) is 5.41. The molecule has 6 heteroatoms. The Hall–Kier alpha value is -2.89. The summed E-state index contributed by atoms with van der Waals surface area (Å²) in [5.41, 5.74) is 2.21. The van der Waals surface area contributed by atoms with Gasteiger partial charge in [0.1, 0.15) is 5.56 Å². The molecule has 1 aliphatic carbocycles. The average molecular weight is 294 g/mol. The second kappa shape index (κ2) is 4.84. The largest absolute Gasteiger partial charge is 0.493 e. The van der Waals surface area contributed by atoms with E-state index in [9.17, 15) is 9.90 Å². The molecule has 1 fully saturated rings. The molecule has 0 bridgehead atoms. The quantitative estimate of drug-likeness (QED) is 0.774. The molecular formula is C16H14N4O2. The molecule has 22 heavy (non-hydrogen) atoms. The molecule has 2 aromatic heterocycles. The van der Waals surface area contributed by atoms with Gasteiger partial charge in [-0.05, 0) is 12.8 Å². The van der Waals surface area contributed by atoms with Gasteiger partial charge in [0.15, 0.2) is 5.65 Å². The standard InChI is InChI=1S/C16H14N4O2/c21-14-8-13(10-4-2-1-3-5-10)19-15-12(9-17-20(14)15)16(22)18-11-6-7-11/h1-5,8-9,11,21H,6-7H2,(H,18,22). The first-order valence-electron chi connectivity index (χ1n) is 7.16. The maximum absolute atomic E-state index is 12.2. The van der Waals surface area contributed by atoms with Crippen LogP contribution in [0.4, 0.5) is 0 Å². The van der Waals surface area contributed by atoms with E-state index in [-0.39, 0.29) is 17.8 Å². The van der Waals surface area contributed by atoms with Crippen molar-refractivity contribution in [3.8, 4) is 17.1 Å². The summed E-state index contributed by atoms with van der Waals surface area (Å²) in [4.78, 5) is 16.7. The van der Waals surface area contributed by atoms with Crippen molar-refractivity contribution in [2.45, 2.75) is 18.9 Å². The fraction of sp³-hybridized carbons (Fsp3) is 0.188. The van der Waals surface area contributed by atoms with Crippen LogP contribution in [0.2, 0.25) is 0 Å². The van der Waals surface area contributed by atoms with Gasteiger partial charge >= 0.3 is 0 Å². The fourth-order valence-electron chi connectivity index (χ4n) is 2.35. The van der Waals surface area contributed by atoms with E-state index in [2.05, 4.69) is 15.4 Å². The first kappa shape index (κ1) is 12.8. The smallest absolute Gasteiger partial charge is 0.256 e. The molecule has 0 radical (unpaired) electrons. The van der Waals surface area contributed by atoms with E-state index in [1.807, 2.05) is 30.3 Å². The Morgan fingerprint density at radius 1 is 1.27 bits per heavy atom.